The van der Waals surface area contributed by atoms with Gasteiger partial charge in [-0.05, 0) is 37.0 Å². The molecule has 23 heavy (non-hydrogen) atoms. The largest absolute Gasteiger partial charge is 0.273 e. The summed E-state index contributed by atoms with van der Waals surface area (Å²) < 4.78 is 26.7. The zero-order chi connectivity index (χ0) is 16.2. The highest BCUT2D eigenvalue weighted by molar-refractivity contribution is 7.89. The highest BCUT2D eigenvalue weighted by Gasteiger charge is 2.69. The molecule has 1 amide bonds. The Bertz CT molecular complexity index is 874. The number of sulfonamides is 1. The monoisotopic (exact) mass is 327 g/mol. The van der Waals surface area contributed by atoms with E-state index in [1.165, 1.54) is 0 Å². The van der Waals surface area contributed by atoms with Gasteiger partial charge in [0.15, 0.2) is 0 Å². The lowest BCUT2D eigenvalue weighted by atomic mass is 9.94. The molecule has 0 bridgehead atoms. The predicted octanol–water partition coefficient (Wildman–Crippen LogP) is 2.48. The smallest absolute Gasteiger partial charge is 0.266 e. The maximum absolute atomic E-state index is 12.9. The third-order valence-electron chi connectivity index (χ3n) is 5.00. The normalized spacial score (nSPS) is 26.2. The third kappa shape index (κ3) is 1.96. The molecule has 0 radical (unpaired) electrons. The summed E-state index contributed by atoms with van der Waals surface area (Å²) in [6, 6.07) is 16.2. The number of nitrogens with zero attached hydrogens (tertiary/aromatic N) is 1. The fourth-order valence-corrected chi connectivity index (χ4v) is 5.07. The number of fused-ring (bicyclic) bond motifs is 1. The molecular formula is C18H17NO3S. The molecular weight excluding hydrogens is 310 g/mol. The van der Waals surface area contributed by atoms with Crippen molar-refractivity contribution in [2.45, 2.75) is 23.7 Å². The predicted molar refractivity (Wildman–Crippen MR) is 86.3 cm³/mol. The zero-order valence-electron chi connectivity index (χ0n) is 12.8. The number of aryl methyl sites for hydroxylation is 1. The number of amides is 1. The second-order valence-corrected chi connectivity index (χ2v) is 8.26. The summed E-state index contributed by atoms with van der Waals surface area (Å²) in [5, 5.41) is 0. The summed E-state index contributed by atoms with van der Waals surface area (Å²) in [6.07, 6.45) is 0.746. The van der Waals surface area contributed by atoms with Gasteiger partial charge in [-0.1, -0.05) is 48.0 Å². The van der Waals surface area contributed by atoms with Crippen LogP contribution in [0, 0.1) is 12.8 Å². The SMILES string of the molecule is Cc1ccc(S(=O)(=O)N2C[C@H]3C[C@]3(c3ccccc3)C2=O)cc1. The van der Waals surface area contributed by atoms with Crippen LogP contribution in [0.3, 0.4) is 0 Å². The van der Waals surface area contributed by atoms with Gasteiger partial charge in [-0.15, -0.1) is 0 Å². The summed E-state index contributed by atoms with van der Waals surface area (Å²) >= 11 is 0. The molecule has 5 heteroatoms. The molecule has 1 aliphatic carbocycles. The van der Waals surface area contributed by atoms with Gasteiger partial charge >= 0.3 is 0 Å². The molecule has 0 aromatic heterocycles. The molecule has 2 fully saturated rings. The van der Waals surface area contributed by atoms with Crippen LogP contribution in [0.2, 0.25) is 0 Å². The van der Waals surface area contributed by atoms with Crippen molar-refractivity contribution in [3.63, 3.8) is 0 Å². The van der Waals surface area contributed by atoms with E-state index in [0.717, 1.165) is 21.9 Å². The Kier molecular flexibility index (Phi) is 2.94. The Morgan fingerprint density at radius 1 is 1.04 bits per heavy atom. The average Bonchev–Trinajstić information content (AvgIpc) is 3.21. The first-order chi connectivity index (χ1) is 11.0. The van der Waals surface area contributed by atoms with Crippen LogP contribution in [0.15, 0.2) is 59.5 Å². The molecule has 1 saturated carbocycles. The molecule has 2 aromatic rings. The van der Waals surface area contributed by atoms with Crippen LogP contribution in [-0.2, 0) is 20.2 Å². The molecule has 1 heterocycles. The van der Waals surface area contributed by atoms with Crippen LogP contribution < -0.4 is 0 Å². The highest BCUT2D eigenvalue weighted by atomic mass is 32.2. The van der Waals surface area contributed by atoms with E-state index in [1.54, 1.807) is 24.3 Å². The molecule has 1 aliphatic heterocycles. The van der Waals surface area contributed by atoms with Crippen LogP contribution in [-0.4, -0.2) is 25.2 Å². The summed E-state index contributed by atoms with van der Waals surface area (Å²) in [5.74, 6) is -0.188. The number of piperidine rings is 1. The Labute approximate surface area is 135 Å². The Morgan fingerprint density at radius 2 is 1.70 bits per heavy atom. The van der Waals surface area contributed by atoms with Crippen molar-refractivity contribution in [2.24, 2.45) is 5.92 Å². The van der Waals surface area contributed by atoms with Crippen molar-refractivity contribution < 1.29 is 13.2 Å². The highest BCUT2D eigenvalue weighted by Crippen LogP contribution is 2.60. The van der Waals surface area contributed by atoms with Crippen LogP contribution in [0.25, 0.3) is 0 Å². The van der Waals surface area contributed by atoms with Crippen LogP contribution >= 0.6 is 0 Å². The Hall–Kier alpha value is -2.14. The first-order valence-corrected chi connectivity index (χ1v) is 9.09. The molecule has 2 aromatic carbocycles. The number of rotatable bonds is 3. The molecule has 0 spiro atoms. The van der Waals surface area contributed by atoms with Crippen LogP contribution in [0.5, 0.6) is 0 Å². The van der Waals surface area contributed by atoms with E-state index in [2.05, 4.69) is 0 Å². The molecule has 0 unspecified atom stereocenters. The van der Waals surface area contributed by atoms with Gasteiger partial charge in [-0.25, -0.2) is 12.7 Å². The topological polar surface area (TPSA) is 54.5 Å². The average molecular weight is 327 g/mol. The van der Waals surface area contributed by atoms with E-state index in [0.29, 0.717) is 0 Å². The fourth-order valence-electron chi connectivity index (χ4n) is 3.57. The van der Waals surface area contributed by atoms with Gasteiger partial charge in [0.1, 0.15) is 0 Å². The van der Waals surface area contributed by atoms with E-state index in [4.69, 9.17) is 0 Å². The minimum atomic E-state index is -3.77. The van der Waals surface area contributed by atoms with Crippen molar-refractivity contribution in [3.05, 3.63) is 65.7 Å². The van der Waals surface area contributed by atoms with E-state index < -0.39 is 15.4 Å². The van der Waals surface area contributed by atoms with Gasteiger partial charge in [-0.3, -0.25) is 4.79 Å². The molecule has 1 saturated heterocycles. The first-order valence-electron chi connectivity index (χ1n) is 7.65. The van der Waals surface area contributed by atoms with Crippen LogP contribution in [0.4, 0.5) is 0 Å². The summed E-state index contributed by atoms with van der Waals surface area (Å²) in [4.78, 5) is 13.1. The quantitative estimate of drug-likeness (QED) is 0.870. The van der Waals surface area contributed by atoms with E-state index in [1.807, 2.05) is 37.3 Å². The zero-order valence-corrected chi connectivity index (χ0v) is 13.6. The van der Waals surface area contributed by atoms with Crippen molar-refractivity contribution in [3.8, 4) is 0 Å². The lowest BCUT2D eigenvalue weighted by Gasteiger charge is -2.21. The van der Waals surface area contributed by atoms with Gasteiger partial charge in [0, 0.05) is 6.54 Å². The minimum Gasteiger partial charge on any atom is -0.273 e. The maximum atomic E-state index is 12.9. The van der Waals surface area contributed by atoms with Gasteiger partial charge in [0.05, 0.1) is 10.3 Å². The number of carbonyl (C=O) groups is 1. The van der Waals surface area contributed by atoms with E-state index in [9.17, 15) is 13.2 Å². The first kappa shape index (κ1) is 14.5. The van der Waals surface area contributed by atoms with Crippen LogP contribution in [0.1, 0.15) is 17.5 Å². The van der Waals surface area contributed by atoms with Crippen molar-refractivity contribution in [1.82, 2.24) is 4.31 Å². The van der Waals surface area contributed by atoms with E-state index >= 15 is 0 Å². The maximum Gasteiger partial charge on any atom is 0.266 e. The molecule has 118 valence electrons. The minimum absolute atomic E-state index is 0.0950. The standard InChI is InChI=1S/C18H17NO3S/c1-13-7-9-16(10-8-13)23(21,22)19-12-15-11-18(15,17(19)20)14-5-3-2-4-6-14/h2-10,15H,11-12H2,1H3/t15-,18-/m1/s1. The second kappa shape index (κ2) is 4.68. The molecule has 4 rings (SSSR count). The van der Waals surface area contributed by atoms with Crippen molar-refractivity contribution in [2.75, 3.05) is 6.54 Å². The summed E-state index contributed by atoms with van der Waals surface area (Å²) in [5.41, 5.74) is 1.29. The lowest BCUT2D eigenvalue weighted by molar-refractivity contribution is -0.126. The second-order valence-electron chi connectivity index (χ2n) is 6.39. The van der Waals surface area contributed by atoms with Gasteiger partial charge in [-0.2, -0.15) is 0 Å². The Balaban J connectivity index is 1.71. The summed E-state index contributed by atoms with van der Waals surface area (Å²) in [6.45, 7) is 2.18. The fraction of sp³-hybridized carbons (Fsp3) is 0.278. The van der Waals surface area contributed by atoms with Crippen molar-refractivity contribution in [1.29, 1.82) is 0 Å². The van der Waals surface area contributed by atoms with Gasteiger partial charge in [0.25, 0.3) is 10.0 Å². The number of hydrogen-bond donors (Lipinski definition) is 0. The van der Waals surface area contributed by atoms with E-state index in [-0.39, 0.29) is 23.3 Å². The molecule has 2 aliphatic rings. The van der Waals surface area contributed by atoms with Gasteiger partial charge < -0.3 is 0 Å². The Morgan fingerprint density at radius 3 is 2.35 bits per heavy atom. The number of carbonyl (C=O) groups excluding carboxylic acids is 1. The number of benzene rings is 2. The third-order valence-corrected chi connectivity index (χ3v) is 6.76. The molecule has 2 atom stereocenters. The molecule has 4 nitrogen and oxygen atoms in total. The molecule has 0 N–H and O–H groups in total. The number of hydrogen-bond acceptors (Lipinski definition) is 3. The van der Waals surface area contributed by atoms with Gasteiger partial charge in [0.2, 0.25) is 5.91 Å². The lowest BCUT2D eigenvalue weighted by Crippen LogP contribution is -2.38. The summed E-state index contributed by atoms with van der Waals surface area (Å²) in [7, 11) is -3.77. The van der Waals surface area contributed by atoms with Crippen molar-refractivity contribution >= 4 is 15.9 Å².